The van der Waals surface area contributed by atoms with Gasteiger partial charge in [0.05, 0.1) is 5.92 Å². The molecule has 0 aromatic carbocycles. The van der Waals surface area contributed by atoms with Crippen molar-refractivity contribution in [2.45, 2.75) is 72.6 Å². The van der Waals surface area contributed by atoms with E-state index in [1.54, 1.807) is 6.92 Å². The van der Waals surface area contributed by atoms with Crippen molar-refractivity contribution >= 4 is 23.3 Å². The van der Waals surface area contributed by atoms with E-state index in [4.69, 9.17) is 9.90 Å². The summed E-state index contributed by atoms with van der Waals surface area (Å²) in [6, 6.07) is 0. The highest BCUT2D eigenvalue weighted by molar-refractivity contribution is 6.04. The second-order valence-corrected chi connectivity index (χ2v) is 9.75. The van der Waals surface area contributed by atoms with E-state index in [9.17, 15) is 14.4 Å². The van der Waals surface area contributed by atoms with Crippen LogP contribution in [-0.4, -0.2) is 28.4 Å². The van der Waals surface area contributed by atoms with Crippen LogP contribution >= 0.6 is 0 Å². The number of Topliss-reactive ketones (excluding diaryl/α,β-unsaturated/α-hetero) is 2. The Bertz CT molecular complexity index is 744. The SMILES string of the molecule is CC(=O)O.CC(=O)[C@H]1C(=O)C[C@H]2[C@@H]3CCC4=CC(=O)CC[C@]4(C)[C@H]3CC[C@]12C. The number of aliphatic carboxylic acids is 1. The average Bonchev–Trinajstić information content (AvgIpc) is 2.85. The van der Waals surface area contributed by atoms with Gasteiger partial charge < -0.3 is 5.11 Å². The molecule has 4 aliphatic carbocycles. The molecule has 4 aliphatic rings. The topological polar surface area (TPSA) is 88.5 Å². The van der Waals surface area contributed by atoms with Gasteiger partial charge in [-0.2, -0.15) is 0 Å². The first kappa shape index (κ1) is 20.9. The molecule has 0 unspecified atom stereocenters. The number of fused-ring (bicyclic) bond motifs is 5. The van der Waals surface area contributed by atoms with Crippen molar-refractivity contribution in [3.63, 3.8) is 0 Å². The van der Waals surface area contributed by atoms with Gasteiger partial charge in [-0.3, -0.25) is 19.2 Å². The molecule has 4 rings (SSSR count). The zero-order valence-electron chi connectivity index (χ0n) is 17.4. The Morgan fingerprint density at radius 3 is 2.29 bits per heavy atom. The molecule has 154 valence electrons. The van der Waals surface area contributed by atoms with E-state index in [2.05, 4.69) is 13.8 Å². The van der Waals surface area contributed by atoms with Crippen LogP contribution in [0.2, 0.25) is 0 Å². The third kappa shape index (κ3) is 3.27. The predicted molar refractivity (Wildman–Crippen MR) is 105 cm³/mol. The van der Waals surface area contributed by atoms with E-state index in [0.717, 1.165) is 39.0 Å². The lowest BCUT2D eigenvalue weighted by atomic mass is 9.46. The fourth-order valence-corrected chi connectivity index (χ4v) is 7.04. The van der Waals surface area contributed by atoms with Crippen LogP contribution in [0.15, 0.2) is 11.6 Å². The van der Waals surface area contributed by atoms with Crippen molar-refractivity contribution in [2.24, 2.45) is 34.5 Å². The van der Waals surface area contributed by atoms with Crippen LogP contribution in [0.3, 0.4) is 0 Å². The van der Waals surface area contributed by atoms with Crippen molar-refractivity contribution in [3.8, 4) is 0 Å². The fourth-order valence-electron chi connectivity index (χ4n) is 7.04. The predicted octanol–water partition coefficient (Wildman–Crippen LogP) is 3.99. The van der Waals surface area contributed by atoms with Crippen molar-refractivity contribution in [2.75, 3.05) is 0 Å². The minimum Gasteiger partial charge on any atom is -0.481 e. The highest BCUT2D eigenvalue weighted by atomic mass is 16.4. The maximum absolute atomic E-state index is 12.6. The van der Waals surface area contributed by atoms with Gasteiger partial charge >= 0.3 is 0 Å². The molecular weight excluding hydrogens is 356 g/mol. The molecule has 5 heteroatoms. The summed E-state index contributed by atoms with van der Waals surface area (Å²) in [7, 11) is 0. The second-order valence-electron chi connectivity index (χ2n) is 9.75. The summed E-state index contributed by atoms with van der Waals surface area (Å²) in [4.78, 5) is 45.6. The van der Waals surface area contributed by atoms with E-state index in [0.29, 0.717) is 30.6 Å². The normalized spacial score (nSPS) is 41.6. The number of hydrogen-bond donors (Lipinski definition) is 1. The van der Waals surface area contributed by atoms with Crippen LogP contribution < -0.4 is 0 Å². The van der Waals surface area contributed by atoms with Crippen LogP contribution in [0.25, 0.3) is 0 Å². The molecule has 0 heterocycles. The van der Waals surface area contributed by atoms with Crippen LogP contribution in [-0.2, 0) is 19.2 Å². The van der Waals surface area contributed by atoms with E-state index in [1.165, 1.54) is 5.57 Å². The van der Waals surface area contributed by atoms with Gasteiger partial charge in [-0.25, -0.2) is 0 Å². The van der Waals surface area contributed by atoms with Gasteiger partial charge in [-0.05, 0) is 73.7 Å². The molecule has 3 saturated carbocycles. The van der Waals surface area contributed by atoms with Crippen LogP contribution in [0.1, 0.15) is 72.6 Å². The maximum Gasteiger partial charge on any atom is 0.300 e. The third-order valence-electron chi connectivity index (χ3n) is 8.21. The first-order valence-corrected chi connectivity index (χ1v) is 10.5. The van der Waals surface area contributed by atoms with Crippen LogP contribution in [0, 0.1) is 34.5 Å². The van der Waals surface area contributed by atoms with Gasteiger partial charge in [-0.1, -0.05) is 19.4 Å². The van der Waals surface area contributed by atoms with E-state index >= 15 is 0 Å². The molecule has 3 fully saturated rings. The lowest BCUT2D eigenvalue weighted by Crippen LogP contribution is -2.51. The molecule has 0 aliphatic heterocycles. The Morgan fingerprint density at radius 2 is 1.68 bits per heavy atom. The zero-order chi connectivity index (χ0) is 20.9. The number of allylic oxidation sites excluding steroid dienone is 1. The molecule has 0 aromatic heterocycles. The van der Waals surface area contributed by atoms with E-state index < -0.39 is 5.97 Å². The highest BCUT2D eigenvalue weighted by Crippen LogP contribution is 2.65. The molecular formula is C23H32O5. The smallest absolute Gasteiger partial charge is 0.300 e. The number of ketones is 3. The molecule has 0 spiro atoms. The van der Waals surface area contributed by atoms with Crippen LogP contribution in [0.4, 0.5) is 0 Å². The number of rotatable bonds is 1. The van der Waals surface area contributed by atoms with E-state index in [1.807, 2.05) is 6.08 Å². The monoisotopic (exact) mass is 388 g/mol. The summed E-state index contributed by atoms with van der Waals surface area (Å²) < 4.78 is 0. The molecule has 0 bridgehead atoms. The lowest BCUT2D eigenvalue weighted by molar-refractivity contribution is -0.136. The number of hydrogen-bond acceptors (Lipinski definition) is 4. The molecule has 0 radical (unpaired) electrons. The zero-order valence-corrected chi connectivity index (χ0v) is 17.4. The Kier molecular flexibility index (Phi) is 5.41. The number of carbonyl (C=O) groups excluding carboxylic acids is 3. The minimum atomic E-state index is -0.833. The summed E-state index contributed by atoms with van der Waals surface area (Å²) in [5.74, 6) is 0.786. The second kappa shape index (κ2) is 7.23. The molecule has 28 heavy (non-hydrogen) atoms. The van der Waals surface area contributed by atoms with Gasteiger partial charge in [0.1, 0.15) is 11.6 Å². The Morgan fingerprint density at radius 1 is 1.04 bits per heavy atom. The van der Waals surface area contributed by atoms with Crippen molar-refractivity contribution in [3.05, 3.63) is 11.6 Å². The highest BCUT2D eigenvalue weighted by Gasteiger charge is 2.62. The third-order valence-corrected chi connectivity index (χ3v) is 8.21. The maximum atomic E-state index is 12.6. The number of carboxylic acids is 1. The van der Waals surface area contributed by atoms with Crippen molar-refractivity contribution < 1.29 is 24.3 Å². The minimum absolute atomic E-state index is 0.0642. The average molecular weight is 389 g/mol. The van der Waals surface area contributed by atoms with Crippen molar-refractivity contribution in [1.82, 2.24) is 0 Å². The Balaban J connectivity index is 0.000000516. The Hall–Kier alpha value is -1.78. The first-order chi connectivity index (χ1) is 13.0. The van der Waals surface area contributed by atoms with Gasteiger partial charge in [0.25, 0.3) is 5.97 Å². The van der Waals surface area contributed by atoms with Crippen LogP contribution in [0.5, 0.6) is 0 Å². The molecule has 0 aromatic rings. The molecule has 1 N–H and O–H groups in total. The summed E-state index contributed by atoms with van der Waals surface area (Å²) in [5.41, 5.74) is 1.36. The first-order valence-electron chi connectivity index (χ1n) is 10.5. The number of carboxylic acid groups (broad SMARTS) is 1. The number of carbonyl (C=O) groups is 4. The summed E-state index contributed by atoms with van der Waals surface area (Å²) in [6.45, 7) is 7.23. The summed E-state index contributed by atoms with van der Waals surface area (Å²) in [6.07, 6.45) is 8.29. The lowest BCUT2D eigenvalue weighted by Gasteiger charge is -2.57. The largest absolute Gasteiger partial charge is 0.481 e. The molecule has 0 saturated heterocycles. The summed E-state index contributed by atoms with van der Waals surface area (Å²) in [5, 5.41) is 7.42. The van der Waals surface area contributed by atoms with Gasteiger partial charge in [0, 0.05) is 19.8 Å². The fraction of sp³-hybridized carbons (Fsp3) is 0.739. The van der Waals surface area contributed by atoms with Crippen molar-refractivity contribution in [1.29, 1.82) is 0 Å². The summed E-state index contributed by atoms with van der Waals surface area (Å²) >= 11 is 0. The Labute approximate surface area is 167 Å². The van der Waals surface area contributed by atoms with Gasteiger partial charge in [0.15, 0.2) is 5.78 Å². The molecule has 0 amide bonds. The van der Waals surface area contributed by atoms with E-state index in [-0.39, 0.29) is 34.1 Å². The molecule has 5 nitrogen and oxygen atoms in total. The standard InChI is InChI=1S/C21H28O3.C2H4O2/c1-12(22)19-18(24)11-17-15-5-4-13-10-14(23)6-8-20(13,2)16(15)7-9-21(17,19)3;1-2(3)4/h10,15-17,19H,4-9,11H2,1-3H3;1H3,(H,3,4)/t15-,16+,17+,19+,20+,21+;/m1./s1. The van der Waals surface area contributed by atoms with Gasteiger partial charge in [-0.15, -0.1) is 0 Å². The van der Waals surface area contributed by atoms with Gasteiger partial charge in [0.2, 0.25) is 0 Å². The molecule has 6 atom stereocenters. The quantitative estimate of drug-likeness (QED) is 0.686.